The van der Waals surface area contributed by atoms with Gasteiger partial charge in [0.1, 0.15) is 0 Å². The summed E-state index contributed by atoms with van der Waals surface area (Å²) in [5.41, 5.74) is 4.52. The number of benzene rings is 2. The van der Waals surface area contributed by atoms with E-state index < -0.39 is 0 Å². The lowest BCUT2D eigenvalue weighted by molar-refractivity contribution is 0.101. The summed E-state index contributed by atoms with van der Waals surface area (Å²) in [5, 5.41) is 0. The Kier molecular flexibility index (Phi) is 3.85. The highest BCUT2D eigenvalue weighted by molar-refractivity contribution is 9.10. The zero-order valence-corrected chi connectivity index (χ0v) is 13.9. The van der Waals surface area contributed by atoms with Crippen LogP contribution in [0.3, 0.4) is 0 Å². The Balaban J connectivity index is 2.09. The molecule has 108 valence electrons. The van der Waals surface area contributed by atoms with E-state index in [4.69, 9.17) is 0 Å². The van der Waals surface area contributed by atoms with Crippen LogP contribution in [0.1, 0.15) is 36.2 Å². The molecule has 2 aromatic rings. The van der Waals surface area contributed by atoms with E-state index in [1.165, 1.54) is 11.3 Å². The van der Waals surface area contributed by atoms with Crippen LogP contribution in [0.4, 0.5) is 11.4 Å². The minimum atomic E-state index is 0.0920. The van der Waals surface area contributed by atoms with Crippen LogP contribution in [0.2, 0.25) is 0 Å². The first-order valence-corrected chi connectivity index (χ1v) is 8.05. The normalized spacial score (nSPS) is 17.5. The Morgan fingerprint density at radius 1 is 1.19 bits per heavy atom. The van der Waals surface area contributed by atoms with E-state index in [2.05, 4.69) is 52.0 Å². The second-order valence-electron chi connectivity index (χ2n) is 5.61. The lowest BCUT2D eigenvalue weighted by Gasteiger charge is -2.37. The van der Waals surface area contributed by atoms with E-state index in [9.17, 15) is 4.79 Å². The number of halogens is 1. The lowest BCUT2D eigenvalue weighted by Crippen LogP contribution is -2.33. The van der Waals surface area contributed by atoms with Gasteiger partial charge in [-0.2, -0.15) is 0 Å². The molecule has 0 spiro atoms. The molecule has 21 heavy (non-hydrogen) atoms. The number of ketones is 1. The average Bonchev–Trinajstić information content (AvgIpc) is 2.48. The number of hydrogen-bond acceptors (Lipinski definition) is 2. The third-order valence-electron chi connectivity index (χ3n) is 4.14. The van der Waals surface area contributed by atoms with E-state index in [0.29, 0.717) is 6.04 Å². The van der Waals surface area contributed by atoms with E-state index in [1.54, 1.807) is 6.92 Å². The first kappa shape index (κ1) is 14.3. The van der Waals surface area contributed by atoms with E-state index >= 15 is 0 Å². The van der Waals surface area contributed by atoms with Crippen LogP contribution >= 0.6 is 15.9 Å². The summed E-state index contributed by atoms with van der Waals surface area (Å²) in [6.07, 6.45) is 2.26. The van der Waals surface area contributed by atoms with Crippen molar-refractivity contribution in [1.82, 2.24) is 0 Å². The summed E-state index contributed by atoms with van der Waals surface area (Å²) in [6.45, 7) is 3.85. The van der Waals surface area contributed by atoms with Crippen LogP contribution in [-0.4, -0.2) is 11.8 Å². The van der Waals surface area contributed by atoms with E-state index in [0.717, 1.165) is 28.6 Å². The largest absolute Gasteiger partial charge is 0.337 e. The van der Waals surface area contributed by atoms with Gasteiger partial charge in [-0.25, -0.2) is 0 Å². The van der Waals surface area contributed by atoms with Crippen molar-refractivity contribution in [2.45, 2.75) is 32.7 Å². The van der Waals surface area contributed by atoms with Gasteiger partial charge in [-0.05, 0) is 72.4 Å². The smallest absolute Gasteiger partial charge is 0.159 e. The second kappa shape index (κ2) is 5.64. The summed E-state index contributed by atoms with van der Waals surface area (Å²) in [5.74, 6) is 0.0920. The number of nitrogens with zero attached hydrogens (tertiary/aromatic N) is 1. The van der Waals surface area contributed by atoms with Crippen molar-refractivity contribution < 1.29 is 4.79 Å². The molecule has 1 heterocycles. The molecule has 1 atom stereocenters. The van der Waals surface area contributed by atoms with E-state index in [1.807, 2.05) is 18.2 Å². The highest BCUT2D eigenvalue weighted by Gasteiger charge is 2.25. The third kappa shape index (κ3) is 2.62. The standard InChI is InChI=1S/C18H18BrNO/c1-12-7-8-14-5-3-4-6-17(14)20(12)18-10-9-15(13(2)21)11-16(18)19/h3-6,9-12H,7-8H2,1-2H3. The highest BCUT2D eigenvalue weighted by Crippen LogP contribution is 2.40. The van der Waals surface area contributed by atoms with Crippen molar-refractivity contribution in [1.29, 1.82) is 0 Å². The predicted molar refractivity (Wildman–Crippen MR) is 90.5 cm³/mol. The molecular weight excluding hydrogens is 326 g/mol. The molecule has 0 aliphatic carbocycles. The predicted octanol–water partition coefficient (Wildman–Crippen LogP) is 5.12. The molecule has 0 fully saturated rings. The number of anilines is 2. The number of hydrogen-bond donors (Lipinski definition) is 0. The molecule has 0 bridgehead atoms. The topological polar surface area (TPSA) is 20.3 Å². The number of para-hydroxylation sites is 1. The van der Waals surface area contributed by atoms with Crippen molar-refractivity contribution >= 4 is 33.1 Å². The maximum absolute atomic E-state index is 11.5. The summed E-state index contributed by atoms with van der Waals surface area (Å²) >= 11 is 3.64. The van der Waals surface area contributed by atoms with Crippen LogP contribution < -0.4 is 4.90 Å². The fraction of sp³-hybridized carbons (Fsp3) is 0.278. The Morgan fingerprint density at radius 2 is 1.95 bits per heavy atom. The van der Waals surface area contributed by atoms with Crippen molar-refractivity contribution in [3.63, 3.8) is 0 Å². The Hall–Kier alpha value is -1.61. The summed E-state index contributed by atoms with van der Waals surface area (Å²) in [4.78, 5) is 13.9. The summed E-state index contributed by atoms with van der Waals surface area (Å²) < 4.78 is 0.971. The third-order valence-corrected chi connectivity index (χ3v) is 4.77. The van der Waals surface area contributed by atoms with Crippen LogP contribution in [0.15, 0.2) is 46.9 Å². The first-order chi connectivity index (χ1) is 10.1. The van der Waals surface area contributed by atoms with Crippen LogP contribution in [0.25, 0.3) is 0 Å². The quantitative estimate of drug-likeness (QED) is 0.705. The number of carbonyl (C=O) groups is 1. The molecule has 1 aliphatic heterocycles. The average molecular weight is 344 g/mol. The molecule has 3 heteroatoms. The van der Waals surface area contributed by atoms with Crippen molar-refractivity contribution in [2.24, 2.45) is 0 Å². The highest BCUT2D eigenvalue weighted by atomic mass is 79.9. The molecule has 2 nitrogen and oxygen atoms in total. The van der Waals surface area contributed by atoms with Crippen molar-refractivity contribution in [2.75, 3.05) is 4.90 Å². The van der Waals surface area contributed by atoms with Gasteiger partial charge in [0.05, 0.1) is 5.69 Å². The number of fused-ring (bicyclic) bond motifs is 1. The van der Waals surface area contributed by atoms with Crippen LogP contribution in [0, 0.1) is 0 Å². The number of carbonyl (C=O) groups excluding carboxylic acids is 1. The van der Waals surface area contributed by atoms with Gasteiger partial charge < -0.3 is 4.90 Å². The molecule has 0 saturated carbocycles. The van der Waals surface area contributed by atoms with Gasteiger partial charge in [-0.3, -0.25) is 4.79 Å². The molecular formula is C18H18BrNO. The molecule has 3 rings (SSSR count). The maximum atomic E-state index is 11.5. The number of rotatable bonds is 2. The molecule has 0 saturated heterocycles. The van der Waals surface area contributed by atoms with Crippen molar-refractivity contribution in [3.8, 4) is 0 Å². The Labute approximate surface area is 133 Å². The monoisotopic (exact) mass is 343 g/mol. The van der Waals surface area contributed by atoms with Gasteiger partial charge in [0, 0.05) is 21.8 Å². The molecule has 1 aliphatic rings. The summed E-state index contributed by atoms with van der Waals surface area (Å²) in [7, 11) is 0. The van der Waals surface area contributed by atoms with Gasteiger partial charge in [0.25, 0.3) is 0 Å². The Bertz CT molecular complexity index is 695. The number of Topliss-reactive ketones (excluding diaryl/α,β-unsaturated/α-hetero) is 1. The first-order valence-electron chi connectivity index (χ1n) is 7.25. The number of aryl methyl sites for hydroxylation is 1. The van der Waals surface area contributed by atoms with Crippen LogP contribution in [-0.2, 0) is 6.42 Å². The zero-order valence-electron chi connectivity index (χ0n) is 12.3. The second-order valence-corrected chi connectivity index (χ2v) is 6.46. The fourth-order valence-corrected chi connectivity index (χ4v) is 3.55. The minimum Gasteiger partial charge on any atom is -0.337 e. The summed E-state index contributed by atoms with van der Waals surface area (Å²) in [6, 6.07) is 14.9. The SMILES string of the molecule is CC(=O)c1ccc(N2c3ccccc3CCC2C)c(Br)c1. The molecule has 2 aromatic carbocycles. The van der Waals surface area contributed by atoms with Gasteiger partial charge in [-0.1, -0.05) is 18.2 Å². The van der Waals surface area contributed by atoms with E-state index in [-0.39, 0.29) is 5.78 Å². The molecule has 0 aromatic heterocycles. The molecule has 0 N–H and O–H groups in total. The zero-order chi connectivity index (χ0) is 15.0. The molecule has 0 amide bonds. The van der Waals surface area contributed by atoms with Gasteiger partial charge in [0.2, 0.25) is 0 Å². The van der Waals surface area contributed by atoms with Gasteiger partial charge in [-0.15, -0.1) is 0 Å². The molecule has 1 unspecified atom stereocenters. The van der Waals surface area contributed by atoms with Crippen molar-refractivity contribution in [3.05, 3.63) is 58.1 Å². The fourth-order valence-electron chi connectivity index (χ4n) is 2.98. The maximum Gasteiger partial charge on any atom is 0.159 e. The lowest BCUT2D eigenvalue weighted by atomic mass is 9.95. The van der Waals surface area contributed by atoms with Crippen LogP contribution in [0.5, 0.6) is 0 Å². The molecule has 0 radical (unpaired) electrons. The Morgan fingerprint density at radius 3 is 2.67 bits per heavy atom. The minimum absolute atomic E-state index is 0.0920. The van der Waals surface area contributed by atoms with Gasteiger partial charge >= 0.3 is 0 Å². The van der Waals surface area contributed by atoms with Gasteiger partial charge in [0.15, 0.2) is 5.78 Å².